The highest BCUT2D eigenvalue weighted by Gasteiger charge is 2.27. The molecule has 0 saturated heterocycles. The lowest BCUT2D eigenvalue weighted by molar-refractivity contribution is -0.144. The van der Waals surface area contributed by atoms with Gasteiger partial charge >= 0.3 is 6.18 Å². The van der Waals surface area contributed by atoms with Crippen molar-refractivity contribution >= 4 is 5.91 Å². The van der Waals surface area contributed by atoms with Crippen LogP contribution in [0.4, 0.5) is 13.2 Å². The molecule has 3 nitrogen and oxygen atoms in total. The van der Waals surface area contributed by atoms with Crippen molar-refractivity contribution in [2.45, 2.75) is 38.3 Å². The Morgan fingerprint density at radius 1 is 1.26 bits per heavy atom. The van der Waals surface area contributed by atoms with Crippen LogP contribution in [-0.2, 0) is 11.2 Å². The Morgan fingerprint density at radius 3 is 2.68 bits per heavy atom. The molecule has 106 valence electrons. The van der Waals surface area contributed by atoms with Gasteiger partial charge in [0.1, 0.15) is 0 Å². The number of halogens is 3. The summed E-state index contributed by atoms with van der Waals surface area (Å²) in [6, 6.07) is 5.66. The largest absolute Gasteiger partial charge is 0.389 e. The second-order valence-electron chi connectivity index (χ2n) is 4.24. The number of aryl methyl sites for hydroxylation is 1. The van der Waals surface area contributed by atoms with Gasteiger partial charge < -0.3 is 5.32 Å². The van der Waals surface area contributed by atoms with Gasteiger partial charge in [-0.2, -0.15) is 13.2 Å². The number of alkyl halides is 3. The van der Waals surface area contributed by atoms with Crippen LogP contribution in [0.2, 0.25) is 0 Å². The van der Waals surface area contributed by atoms with Gasteiger partial charge in [-0.3, -0.25) is 9.78 Å². The molecule has 0 radical (unpaired) electrons. The standard InChI is InChI=1S/C13H17F3N2O/c14-13(15,16)8-7-12(19)18-10-4-2-6-11-5-1-3-9-17-11/h1,3,5,9H,2,4,6-8,10H2,(H,18,19). The fourth-order valence-corrected chi connectivity index (χ4v) is 1.55. The highest BCUT2D eigenvalue weighted by Crippen LogP contribution is 2.20. The van der Waals surface area contributed by atoms with Crippen LogP contribution in [0.25, 0.3) is 0 Å². The summed E-state index contributed by atoms with van der Waals surface area (Å²) in [7, 11) is 0. The molecule has 1 amide bonds. The van der Waals surface area contributed by atoms with Crippen molar-refractivity contribution in [3.63, 3.8) is 0 Å². The van der Waals surface area contributed by atoms with E-state index >= 15 is 0 Å². The zero-order chi connectivity index (χ0) is 14.1. The summed E-state index contributed by atoms with van der Waals surface area (Å²) in [6.07, 6.45) is -1.73. The summed E-state index contributed by atoms with van der Waals surface area (Å²) in [4.78, 5) is 15.3. The zero-order valence-electron chi connectivity index (χ0n) is 10.5. The number of hydrogen-bond acceptors (Lipinski definition) is 2. The number of carbonyl (C=O) groups is 1. The van der Waals surface area contributed by atoms with Crippen LogP contribution in [0.15, 0.2) is 24.4 Å². The summed E-state index contributed by atoms with van der Waals surface area (Å²) in [6.45, 7) is 0.406. The first-order chi connectivity index (χ1) is 8.97. The molecule has 19 heavy (non-hydrogen) atoms. The third-order valence-electron chi connectivity index (χ3n) is 2.54. The van der Waals surface area contributed by atoms with Crippen molar-refractivity contribution in [2.75, 3.05) is 6.54 Å². The molecule has 0 saturated carbocycles. The van der Waals surface area contributed by atoms with Crippen molar-refractivity contribution < 1.29 is 18.0 Å². The number of unbranched alkanes of at least 4 members (excludes halogenated alkanes) is 1. The zero-order valence-corrected chi connectivity index (χ0v) is 10.5. The van der Waals surface area contributed by atoms with E-state index in [0.29, 0.717) is 6.54 Å². The predicted molar refractivity (Wildman–Crippen MR) is 65.5 cm³/mol. The average Bonchev–Trinajstić information content (AvgIpc) is 2.36. The normalized spacial score (nSPS) is 11.3. The van der Waals surface area contributed by atoms with E-state index < -0.39 is 24.9 Å². The number of pyridine rings is 1. The molecule has 0 spiro atoms. The number of nitrogens with one attached hydrogen (secondary N) is 1. The van der Waals surface area contributed by atoms with Crippen LogP contribution >= 0.6 is 0 Å². The molecule has 0 aliphatic heterocycles. The Labute approximate surface area is 110 Å². The van der Waals surface area contributed by atoms with Gasteiger partial charge in [-0.1, -0.05) is 6.07 Å². The summed E-state index contributed by atoms with van der Waals surface area (Å²) >= 11 is 0. The topological polar surface area (TPSA) is 42.0 Å². The van der Waals surface area contributed by atoms with Gasteiger partial charge in [0.25, 0.3) is 0 Å². The van der Waals surface area contributed by atoms with E-state index in [2.05, 4.69) is 10.3 Å². The maximum absolute atomic E-state index is 11.9. The van der Waals surface area contributed by atoms with Gasteiger partial charge in [-0.15, -0.1) is 0 Å². The molecule has 1 heterocycles. The molecule has 1 aromatic rings. The van der Waals surface area contributed by atoms with Crippen LogP contribution in [0.1, 0.15) is 31.4 Å². The second-order valence-corrected chi connectivity index (χ2v) is 4.24. The number of rotatable bonds is 7. The fraction of sp³-hybridized carbons (Fsp3) is 0.538. The predicted octanol–water partition coefficient (Wildman–Crippen LogP) is 2.86. The first-order valence-corrected chi connectivity index (χ1v) is 6.21. The van der Waals surface area contributed by atoms with Crippen molar-refractivity contribution in [3.8, 4) is 0 Å². The minimum atomic E-state index is -4.27. The Hall–Kier alpha value is -1.59. The molecule has 0 aromatic carbocycles. The minimum Gasteiger partial charge on any atom is -0.356 e. The molecule has 6 heteroatoms. The molecule has 0 atom stereocenters. The molecule has 1 rings (SSSR count). The Balaban J connectivity index is 2.03. The van der Waals surface area contributed by atoms with Crippen molar-refractivity contribution in [3.05, 3.63) is 30.1 Å². The number of carbonyl (C=O) groups excluding carboxylic acids is 1. The van der Waals surface area contributed by atoms with Gasteiger partial charge in [0, 0.05) is 24.9 Å². The monoisotopic (exact) mass is 274 g/mol. The maximum Gasteiger partial charge on any atom is 0.389 e. The van der Waals surface area contributed by atoms with E-state index in [1.54, 1.807) is 6.20 Å². The first kappa shape index (κ1) is 15.5. The third-order valence-corrected chi connectivity index (χ3v) is 2.54. The average molecular weight is 274 g/mol. The number of amides is 1. The SMILES string of the molecule is O=C(CCC(F)(F)F)NCCCCc1ccccn1. The highest BCUT2D eigenvalue weighted by molar-refractivity contribution is 5.75. The van der Waals surface area contributed by atoms with Crippen LogP contribution in [-0.4, -0.2) is 23.6 Å². The molecular formula is C13H17F3N2O. The molecular weight excluding hydrogens is 257 g/mol. The Bertz CT molecular complexity index is 379. The third kappa shape index (κ3) is 8.18. The molecule has 1 N–H and O–H groups in total. The smallest absolute Gasteiger partial charge is 0.356 e. The lowest BCUT2D eigenvalue weighted by Crippen LogP contribution is -2.25. The summed E-state index contributed by atoms with van der Waals surface area (Å²) in [5, 5.41) is 2.48. The quantitative estimate of drug-likeness (QED) is 0.777. The van der Waals surface area contributed by atoms with Crippen molar-refractivity contribution in [2.24, 2.45) is 0 Å². The summed E-state index contributed by atoms with van der Waals surface area (Å²) in [5.74, 6) is -0.546. The molecule has 1 aromatic heterocycles. The van der Waals surface area contributed by atoms with Crippen LogP contribution in [0.5, 0.6) is 0 Å². The molecule has 0 aliphatic rings. The van der Waals surface area contributed by atoms with Gasteiger partial charge in [-0.05, 0) is 31.4 Å². The van der Waals surface area contributed by atoms with E-state index in [1.807, 2.05) is 18.2 Å². The van der Waals surface area contributed by atoms with Crippen molar-refractivity contribution in [1.82, 2.24) is 10.3 Å². The lowest BCUT2D eigenvalue weighted by Gasteiger charge is -2.07. The lowest BCUT2D eigenvalue weighted by atomic mass is 10.2. The number of aromatic nitrogens is 1. The number of hydrogen-bond donors (Lipinski definition) is 1. The fourth-order valence-electron chi connectivity index (χ4n) is 1.55. The summed E-state index contributed by atoms with van der Waals surface area (Å²) in [5.41, 5.74) is 0.978. The van der Waals surface area contributed by atoms with Crippen molar-refractivity contribution in [1.29, 1.82) is 0 Å². The molecule has 0 bridgehead atoms. The van der Waals surface area contributed by atoms with Gasteiger partial charge in [0.2, 0.25) is 5.91 Å². The molecule has 0 fully saturated rings. The highest BCUT2D eigenvalue weighted by atomic mass is 19.4. The maximum atomic E-state index is 11.9. The number of nitrogens with zero attached hydrogens (tertiary/aromatic N) is 1. The van der Waals surface area contributed by atoms with E-state index in [4.69, 9.17) is 0 Å². The van der Waals surface area contributed by atoms with Gasteiger partial charge in [0.05, 0.1) is 6.42 Å². The Morgan fingerprint density at radius 2 is 2.05 bits per heavy atom. The minimum absolute atomic E-state index is 0.406. The van der Waals surface area contributed by atoms with Gasteiger partial charge in [-0.25, -0.2) is 0 Å². The van der Waals surface area contributed by atoms with Gasteiger partial charge in [0.15, 0.2) is 0 Å². The van der Waals surface area contributed by atoms with E-state index in [0.717, 1.165) is 25.0 Å². The first-order valence-electron chi connectivity index (χ1n) is 6.21. The van der Waals surface area contributed by atoms with E-state index in [9.17, 15) is 18.0 Å². The molecule has 0 aliphatic carbocycles. The second kappa shape index (κ2) is 7.76. The van der Waals surface area contributed by atoms with Crippen LogP contribution in [0, 0.1) is 0 Å². The van der Waals surface area contributed by atoms with E-state index in [-0.39, 0.29) is 0 Å². The summed E-state index contributed by atoms with van der Waals surface area (Å²) < 4.78 is 35.6. The Kier molecular flexibility index (Phi) is 6.32. The molecule has 0 unspecified atom stereocenters. The van der Waals surface area contributed by atoms with E-state index in [1.165, 1.54) is 0 Å². The van der Waals surface area contributed by atoms with Crippen LogP contribution < -0.4 is 5.32 Å². The van der Waals surface area contributed by atoms with Crippen LogP contribution in [0.3, 0.4) is 0 Å².